The molecule has 204 valence electrons. The fourth-order valence-corrected chi connectivity index (χ4v) is 5.97. The van der Waals surface area contributed by atoms with Crippen molar-refractivity contribution >= 4 is 44.0 Å². The van der Waals surface area contributed by atoms with Gasteiger partial charge in [0.2, 0.25) is 11.8 Å². The third-order valence-corrected chi connectivity index (χ3v) is 8.14. The summed E-state index contributed by atoms with van der Waals surface area (Å²) in [6.07, 6.45) is 2.65. The summed E-state index contributed by atoms with van der Waals surface area (Å²) in [4.78, 5) is 32.2. The minimum absolute atomic E-state index is 0.189. The highest BCUT2D eigenvalue weighted by molar-refractivity contribution is 7.23. The molecule has 0 bridgehead atoms. The lowest BCUT2D eigenvalue weighted by molar-refractivity contribution is -0.126. The quantitative estimate of drug-likeness (QED) is 0.217. The molecule has 0 spiro atoms. The molecule has 0 unspecified atom stereocenters. The largest absolute Gasteiger partial charge is 0.344 e. The summed E-state index contributed by atoms with van der Waals surface area (Å²) < 4.78 is 3.31. The Hall–Kier alpha value is -4.75. The number of hydrogen-bond acceptors (Lipinski definition) is 4. The molecule has 6 nitrogen and oxygen atoms in total. The van der Waals surface area contributed by atoms with Crippen molar-refractivity contribution in [2.45, 2.75) is 32.7 Å². The van der Waals surface area contributed by atoms with Gasteiger partial charge in [0.25, 0.3) is 0 Å². The number of fused-ring (bicyclic) bond motifs is 3. The molecule has 0 saturated heterocycles. The lowest BCUT2D eigenvalue weighted by Crippen LogP contribution is -2.45. The molecule has 7 heteroatoms. The van der Waals surface area contributed by atoms with Gasteiger partial charge in [0.05, 0.1) is 22.3 Å². The highest BCUT2D eigenvalue weighted by atomic mass is 32.1. The average molecular weight is 559 g/mol. The van der Waals surface area contributed by atoms with E-state index in [9.17, 15) is 9.59 Å². The van der Waals surface area contributed by atoms with Crippen LogP contribution in [0.25, 0.3) is 26.4 Å². The van der Waals surface area contributed by atoms with E-state index in [-0.39, 0.29) is 18.2 Å². The van der Waals surface area contributed by atoms with E-state index in [0.29, 0.717) is 12.1 Å². The van der Waals surface area contributed by atoms with Gasteiger partial charge in [-0.3, -0.25) is 14.0 Å². The van der Waals surface area contributed by atoms with Crippen molar-refractivity contribution in [3.05, 3.63) is 126 Å². The molecule has 0 aliphatic heterocycles. The van der Waals surface area contributed by atoms with Crippen LogP contribution < -0.4 is 10.6 Å². The minimum atomic E-state index is -0.720. The van der Waals surface area contributed by atoms with Crippen molar-refractivity contribution in [3.8, 4) is 11.3 Å². The van der Waals surface area contributed by atoms with Crippen molar-refractivity contribution in [2.24, 2.45) is 0 Å². The smallest absolute Gasteiger partial charge is 0.247 e. The fraction of sp³-hybridized carbons (Fsp3) is 0.147. The number of nitrogens with one attached hydrogen (secondary N) is 2. The van der Waals surface area contributed by atoms with Crippen LogP contribution in [0.1, 0.15) is 22.3 Å². The highest BCUT2D eigenvalue weighted by Gasteiger charge is 2.22. The molecule has 41 heavy (non-hydrogen) atoms. The Bertz CT molecular complexity index is 1850. The van der Waals surface area contributed by atoms with Gasteiger partial charge >= 0.3 is 0 Å². The van der Waals surface area contributed by atoms with Crippen LogP contribution >= 0.6 is 11.3 Å². The van der Waals surface area contributed by atoms with Gasteiger partial charge in [-0.05, 0) is 49.2 Å². The molecule has 1 atom stereocenters. The maximum Gasteiger partial charge on any atom is 0.247 e. The molecule has 4 aromatic carbocycles. The van der Waals surface area contributed by atoms with Gasteiger partial charge < -0.3 is 10.6 Å². The first-order valence-corrected chi connectivity index (χ1v) is 14.4. The molecule has 0 saturated carbocycles. The number of hydrogen-bond donors (Lipinski definition) is 2. The molecule has 2 heterocycles. The first-order chi connectivity index (χ1) is 19.9. The Morgan fingerprint density at radius 2 is 1.63 bits per heavy atom. The normalized spacial score (nSPS) is 12.0. The first kappa shape index (κ1) is 26.5. The van der Waals surface area contributed by atoms with Crippen LogP contribution in [0.4, 0.5) is 5.69 Å². The van der Waals surface area contributed by atoms with Crippen molar-refractivity contribution in [1.82, 2.24) is 14.7 Å². The molecule has 0 radical (unpaired) electrons. The molecular formula is C34H30N4O2S. The molecule has 2 N–H and O–H groups in total. The maximum absolute atomic E-state index is 13.4. The predicted octanol–water partition coefficient (Wildman–Crippen LogP) is 6.74. The number of aromatic nitrogens is 2. The predicted molar refractivity (Wildman–Crippen MR) is 166 cm³/mol. The van der Waals surface area contributed by atoms with E-state index in [0.717, 1.165) is 44.0 Å². The number of benzene rings is 4. The Labute approximate surface area is 242 Å². The number of carbonyl (C=O) groups is 2. The third kappa shape index (κ3) is 6.05. The topological polar surface area (TPSA) is 75.5 Å². The van der Waals surface area contributed by atoms with Gasteiger partial charge in [0.1, 0.15) is 6.04 Å². The first-order valence-electron chi connectivity index (χ1n) is 13.6. The Morgan fingerprint density at radius 3 is 2.41 bits per heavy atom. The van der Waals surface area contributed by atoms with Gasteiger partial charge in [-0.1, -0.05) is 95.3 Å². The van der Waals surface area contributed by atoms with E-state index < -0.39 is 6.04 Å². The summed E-state index contributed by atoms with van der Waals surface area (Å²) in [5.74, 6) is -0.449. The number of aryl methyl sites for hydroxylation is 2. The number of nitrogens with zero attached hydrogens (tertiary/aromatic N) is 2. The minimum Gasteiger partial charge on any atom is -0.344 e. The summed E-state index contributed by atoms with van der Waals surface area (Å²) in [6, 6.07) is 31.1. The van der Waals surface area contributed by atoms with Crippen molar-refractivity contribution < 1.29 is 9.59 Å². The number of anilines is 1. The number of para-hydroxylation sites is 1. The zero-order chi connectivity index (χ0) is 28.3. The second kappa shape index (κ2) is 11.4. The van der Waals surface area contributed by atoms with Crippen molar-refractivity contribution in [3.63, 3.8) is 0 Å². The van der Waals surface area contributed by atoms with E-state index in [2.05, 4.69) is 27.2 Å². The Balaban J connectivity index is 1.17. The summed E-state index contributed by atoms with van der Waals surface area (Å²) >= 11 is 1.66. The molecule has 2 amide bonds. The highest BCUT2D eigenvalue weighted by Crippen LogP contribution is 2.29. The fourth-order valence-electron chi connectivity index (χ4n) is 4.96. The van der Waals surface area contributed by atoms with Crippen LogP contribution in [0.5, 0.6) is 0 Å². The molecule has 0 aliphatic rings. The lowest BCUT2D eigenvalue weighted by Gasteiger charge is -2.19. The van der Waals surface area contributed by atoms with Crippen molar-refractivity contribution in [2.75, 3.05) is 5.32 Å². The standard InChI is InChI=1S/C34H30N4O2S/c1-22-10-12-24(13-11-22)19-28(36-32(39)20-25-7-5-6-23(2)18-25)33(40)35-27-16-14-26(15-17-27)29-21-38-30-8-3-4-9-31(30)41-34(38)37-29/h3-18,21,28H,19-20H2,1-2H3,(H,35,40)(H,36,39)/t28-/m0/s1. The number of thiazole rings is 1. The molecular weight excluding hydrogens is 528 g/mol. The van der Waals surface area contributed by atoms with Gasteiger partial charge in [0.15, 0.2) is 4.96 Å². The summed E-state index contributed by atoms with van der Waals surface area (Å²) in [7, 11) is 0. The lowest BCUT2D eigenvalue weighted by atomic mass is 10.0. The van der Waals surface area contributed by atoms with Crippen LogP contribution in [0.2, 0.25) is 0 Å². The zero-order valence-corrected chi connectivity index (χ0v) is 23.7. The van der Waals surface area contributed by atoms with E-state index in [4.69, 9.17) is 4.98 Å². The van der Waals surface area contributed by atoms with Gasteiger partial charge in [-0.15, -0.1) is 0 Å². The second-order valence-corrected chi connectivity index (χ2v) is 11.4. The van der Waals surface area contributed by atoms with Crippen LogP contribution in [0.15, 0.2) is 103 Å². The number of rotatable bonds is 8. The van der Waals surface area contributed by atoms with Gasteiger partial charge in [-0.2, -0.15) is 0 Å². The van der Waals surface area contributed by atoms with Crippen LogP contribution in [-0.2, 0) is 22.4 Å². The summed E-state index contributed by atoms with van der Waals surface area (Å²) in [5, 5.41) is 5.97. The monoisotopic (exact) mass is 558 g/mol. The van der Waals surface area contributed by atoms with Crippen molar-refractivity contribution in [1.29, 1.82) is 0 Å². The van der Waals surface area contributed by atoms with Crippen LogP contribution in [0, 0.1) is 13.8 Å². The summed E-state index contributed by atoms with van der Waals surface area (Å²) in [5.41, 5.74) is 7.77. The second-order valence-electron chi connectivity index (χ2n) is 10.4. The summed E-state index contributed by atoms with van der Waals surface area (Å²) in [6.45, 7) is 4.02. The van der Waals surface area contributed by atoms with E-state index in [1.54, 1.807) is 11.3 Å². The van der Waals surface area contributed by atoms with Crippen LogP contribution in [-0.4, -0.2) is 27.2 Å². The number of amides is 2. The van der Waals surface area contributed by atoms with E-state index in [1.165, 1.54) is 4.70 Å². The molecule has 6 rings (SSSR count). The number of imidazole rings is 1. The average Bonchev–Trinajstić information content (AvgIpc) is 3.53. The molecule has 2 aromatic heterocycles. The molecule has 6 aromatic rings. The molecule has 0 aliphatic carbocycles. The van der Waals surface area contributed by atoms with Gasteiger partial charge in [0, 0.05) is 23.9 Å². The Morgan fingerprint density at radius 1 is 0.854 bits per heavy atom. The number of carbonyl (C=O) groups excluding carboxylic acids is 2. The van der Waals surface area contributed by atoms with E-state index >= 15 is 0 Å². The van der Waals surface area contributed by atoms with Gasteiger partial charge in [-0.25, -0.2) is 4.98 Å². The Kier molecular flexibility index (Phi) is 7.35. The zero-order valence-electron chi connectivity index (χ0n) is 22.9. The van der Waals surface area contributed by atoms with E-state index in [1.807, 2.05) is 105 Å². The molecule has 0 fully saturated rings. The third-order valence-electron chi connectivity index (χ3n) is 7.11. The SMILES string of the molecule is Cc1ccc(C[C@H](NC(=O)Cc2cccc(C)c2)C(=O)Nc2ccc(-c3cn4c(n3)sc3ccccc34)cc2)cc1. The maximum atomic E-state index is 13.4. The van der Waals surface area contributed by atoms with Crippen LogP contribution in [0.3, 0.4) is 0 Å².